The molecule has 0 spiro atoms. The van der Waals surface area contributed by atoms with Crippen molar-refractivity contribution in [2.24, 2.45) is 17.8 Å². The van der Waals surface area contributed by atoms with Crippen molar-refractivity contribution >= 4 is 44.6 Å². The highest BCUT2D eigenvalue weighted by Gasteiger charge is 2.63. The summed E-state index contributed by atoms with van der Waals surface area (Å²) < 4.78 is 38.8. The lowest BCUT2D eigenvalue weighted by molar-refractivity contribution is -0.142. The number of aromatic nitrogens is 1. The maximum atomic E-state index is 14.3. The molecule has 15 heteroatoms. The molecular formula is C35H45N5O9S. The summed E-state index contributed by atoms with van der Waals surface area (Å²) >= 11 is 0. The highest BCUT2D eigenvalue weighted by molar-refractivity contribution is 7.90. The number of carboxylic acid groups (broad SMARTS) is 1. The van der Waals surface area contributed by atoms with E-state index in [1.165, 1.54) is 25.3 Å². The van der Waals surface area contributed by atoms with Gasteiger partial charge in [-0.15, -0.1) is 0 Å². The van der Waals surface area contributed by atoms with E-state index in [1.54, 1.807) is 0 Å². The monoisotopic (exact) mass is 711 g/mol. The van der Waals surface area contributed by atoms with Crippen LogP contribution in [0.1, 0.15) is 58.8 Å². The second-order valence-corrected chi connectivity index (χ2v) is 16.4. The predicted molar refractivity (Wildman–Crippen MR) is 183 cm³/mol. The molecule has 270 valence electrons. The molecule has 7 atom stereocenters. The van der Waals surface area contributed by atoms with Crippen LogP contribution in [0, 0.1) is 17.8 Å². The van der Waals surface area contributed by atoms with Crippen molar-refractivity contribution in [3.8, 4) is 11.6 Å². The van der Waals surface area contributed by atoms with Crippen molar-refractivity contribution in [2.75, 3.05) is 20.7 Å². The number of ether oxygens (including phenoxy) is 2. The number of likely N-dealkylation sites (N-methyl/N-ethyl adjacent to an activating group) is 1. The molecule has 0 unspecified atom stereocenters. The average Bonchev–Trinajstić information content (AvgIpc) is 4.01. The number of allylic oxidation sites excluding steroid dienone is 1. The van der Waals surface area contributed by atoms with E-state index in [0.717, 1.165) is 16.1 Å². The van der Waals surface area contributed by atoms with E-state index in [9.17, 15) is 32.7 Å². The van der Waals surface area contributed by atoms with Gasteiger partial charge < -0.3 is 30.1 Å². The molecule has 1 aromatic heterocycles. The van der Waals surface area contributed by atoms with Crippen LogP contribution in [0.4, 0.5) is 4.79 Å². The molecule has 0 bridgehead atoms. The number of sulfonamides is 1. The Morgan fingerprint density at radius 2 is 1.84 bits per heavy atom. The topological polar surface area (TPSA) is 185 Å². The quantitative estimate of drug-likeness (QED) is 0.361. The second-order valence-electron chi connectivity index (χ2n) is 14.2. The fourth-order valence-corrected chi connectivity index (χ4v) is 9.04. The van der Waals surface area contributed by atoms with Gasteiger partial charge in [0.25, 0.3) is 5.91 Å². The van der Waals surface area contributed by atoms with Crippen LogP contribution in [0.5, 0.6) is 11.6 Å². The summed E-state index contributed by atoms with van der Waals surface area (Å²) in [5.74, 6) is -1.85. The van der Waals surface area contributed by atoms with E-state index in [4.69, 9.17) is 9.47 Å². The third kappa shape index (κ3) is 6.83. The van der Waals surface area contributed by atoms with E-state index in [1.807, 2.05) is 50.3 Å². The Kier molecular flexibility index (Phi) is 9.72. The number of hydrogen-bond acceptors (Lipinski definition) is 9. The first-order valence-corrected chi connectivity index (χ1v) is 18.7. The van der Waals surface area contributed by atoms with Gasteiger partial charge >= 0.3 is 6.09 Å². The molecule has 2 aliphatic carbocycles. The van der Waals surface area contributed by atoms with Crippen LogP contribution in [-0.2, 0) is 24.4 Å². The van der Waals surface area contributed by atoms with Gasteiger partial charge in [-0.2, -0.15) is 0 Å². The van der Waals surface area contributed by atoms with Gasteiger partial charge in [-0.3, -0.25) is 14.4 Å². The number of pyridine rings is 1. The zero-order chi connectivity index (χ0) is 36.0. The minimum Gasteiger partial charge on any atom is -0.494 e. The van der Waals surface area contributed by atoms with Gasteiger partial charge in [0.15, 0.2) is 0 Å². The third-order valence-corrected chi connectivity index (χ3v) is 12.8. The van der Waals surface area contributed by atoms with Gasteiger partial charge in [0.05, 0.1) is 25.1 Å². The van der Waals surface area contributed by atoms with E-state index >= 15 is 0 Å². The number of nitrogens with one attached hydrogen (secondary N) is 2. The summed E-state index contributed by atoms with van der Waals surface area (Å²) in [5, 5.41) is 15.8. The SMILES string of the molecule is COc1cnc(O[C@@H]2C[C@H]3C(=O)N[C@]4(C(=O)N(C)S(=O)(=O)C5CC5)C[C@H]4/C=C\CC[C@@H](C)C[C@@H](C)[C@H](NC(=O)O)C(=O)N3C2)c2ccccc12. The van der Waals surface area contributed by atoms with Crippen molar-refractivity contribution in [2.45, 2.75) is 87.8 Å². The van der Waals surface area contributed by atoms with E-state index in [2.05, 4.69) is 15.6 Å². The summed E-state index contributed by atoms with van der Waals surface area (Å²) in [6.07, 6.45) is 6.38. The molecule has 3 heterocycles. The second kappa shape index (κ2) is 13.7. The van der Waals surface area contributed by atoms with Crippen molar-refractivity contribution in [3.63, 3.8) is 0 Å². The Balaban J connectivity index is 1.35. The number of benzene rings is 1. The lowest BCUT2D eigenvalue weighted by atomic mass is 9.88. The largest absolute Gasteiger partial charge is 0.494 e. The molecule has 3 N–H and O–H groups in total. The van der Waals surface area contributed by atoms with E-state index in [-0.39, 0.29) is 31.2 Å². The highest BCUT2D eigenvalue weighted by Crippen LogP contribution is 2.48. The van der Waals surface area contributed by atoms with Crippen molar-refractivity contribution in [1.82, 2.24) is 24.8 Å². The molecule has 2 aliphatic heterocycles. The van der Waals surface area contributed by atoms with Gasteiger partial charge in [-0.05, 0) is 56.4 Å². The van der Waals surface area contributed by atoms with Gasteiger partial charge in [0.2, 0.25) is 27.7 Å². The minimum absolute atomic E-state index is 0.0190. The zero-order valence-corrected chi connectivity index (χ0v) is 29.5. The maximum Gasteiger partial charge on any atom is 0.405 e. The van der Waals surface area contributed by atoms with Crippen LogP contribution < -0.4 is 20.1 Å². The molecule has 1 aromatic carbocycles. The number of fused-ring (bicyclic) bond motifs is 3. The molecule has 14 nitrogen and oxygen atoms in total. The predicted octanol–water partition coefficient (Wildman–Crippen LogP) is 3.07. The van der Waals surface area contributed by atoms with Gasteiger partial charge in [0, 0.05) is 30.2 Å². The number of carbonyl (C=O) groups is 4. The summed E-state index contributed by atoms with van der Waals surface area (Å²) in [7, 11) is -1.12. The smallest absolute Gasteiger partial charge is 0.405 e. The van der Waals surface area contributed by atoms with Gasteiger partial charge in [-0.1, -0.05) is 44.2 Å². The first-order chi connectivity index (χ1) is 23.8. The van der Waals surface area contributed by atoms with Crippen LogP contribution in [0.15, 0.2) is 42.6 Å². The molecule has 6 rings (SSSR count). The lowest BCUT2D eigenvalue weighted by Gasteiger charge is -2.32. The molecule has 1 saturated heterocycles. The molecule has 4 amide bonds. The van der Waals surface area contributed by atoms with Crippen LogP contribution in [-0.4, -0.2) is 101 Å². The normalized spacial score (nSPS) is 30.9. The zero-order valence-electron chi connectivity index (χ0n) is 28.7. The van der Waals surface area contributed by atoms with Crippen molar-refractivity contribution < 1.29 is 42.2 Å². The molecule has 0 radical (unpaired) electrons. The summed E-state index contributed by atoms with van der Waals surface area (Å²) in [6.45, 7) is 3.79. The number of amides is 4. The molecule has 2 aromatic rings. The minimum atomic E-state index is -3.89. The molecule has 4 aliphatic rings. The van der Waals surface area contributed by atoms with Crippen molar-refractivity contribution in [3.05, 3.63) is 42.6 Å². The lowest BCUT2D eigenvalue weighted by Crippen LogP contribution is -2.59. The Morgan fingerprint density at radius 1 is 1.12 bits per heavy atom. The number of carbonyl (C=O) groups excluding carboxylic acids is 3. The first kappa shape index (κ1) is 35.4. The molecule has 2 saturated carbocycles. The van der Waals surface area contributed by atoms with Crippen LogP contribution >= 0.6 is 0 Å². The summed E-state index contributed by atoms with van der Waals surface area (Å²) in [5.41, 5.74) is -1.51. The van der Waals surface area contributed by atoms with Crippen LogP contribution in [0.2, 0.25) is 0 Å². The van der Waals surface area contributed by atoms with Crippen molar-refractivity contribution in [1.29, 1.82) is 0 Å². The fourth-order valence-electron chi connectivity index (χ4n) is 7.47. The average molecular weight is 712 g/mol. The Labute approximate surface area is 291 Å². The third-order valence-electron chi connectivity index (χ3n) is 10.5. The summed E-state index contributed by atoms with van der Waals surface area (Å²) in [6, 6.07) is 5.07. The number of hydrogen-bond donors (Lipinski definition) is 3. The highest BCUT2D eigenvalue weighted by atomic mass is 32.2. The molecule has 3 fully saturated rings. The Bertz CT molecular complexity index is 1810. The standard InChI is InChI=1S/C35H45N5O9S/c1-20-9-5-6-10-22-17-35(22,33(43)39(3)50(46,47)24-13-14-24)38-30(41)27-16-23(19-40(27)32(42)29(21(2)15-20)37-34(44)45)49-31-26-12-8-7-11-25(26)28(48-4)18-36-31/h6-8,10-12,18,20-24,27,29,37H,5,9,13-17,19H2,1-4H3,(H,38,41)(H,44,45)/b10-6-/t20-,21-,22-,23-,27+,29+,35-/m1/s1. The van der Waals surface area contributed by atoms with E-state index < -0.39 is 74.7 Å². The Morgan fingerprint density at radius 3 is 2.52 bits per heavy atom. The van der Waals surface area contributed by atoms with Crippen LogP contribution in [0.3, 0.4) is 0 Å². The van der Waals surface area contributed by atoms with Gasteiger partial charge in [0.1, 0.15) is 29.5 Å². The summed E-state index contributed by atoms with van der Waals surface area (Å²) in [4.78, 5) is 60.4. The van der Waals surface area contributed by atoms with E-state index in [0.29, 0.717) is 36.8 Å². The fraction of sp³-hybridized carbons (Fsp3) is 0.571. The van der Waals surface area contributed by atoms with Crippen LogP contribution in [0.25, 0.3) is 10.8 Å². The Hall–Kier alpha value is -4.40. The van der Waals surface area contributed by atoms with Gasteiger partial charge in [-0.25, -0.2) is 22.5 Å². The molecule has 50 heavy (non-hydrogen) atoms. The first-order valence-electron chi connectivity index (χ1n) is 17.2. The number of rotatable bonds is 7. The number of nitrogens with zero attached hydrogens (tertiary/aromatic N) is 3. The number of methoxy groups -OCH3 is 1. The maximum absolute atomic E-state index is 14.3. The molecular weight excluding hydrogens is 666 g/mol.